The molecular weight excluding hydrogens is 602 g/mol. The summed E-state index contributed by atoms with van der Waals surface area (Å²) in [5.74, 6) is -5.56. The second kappa shape index (κ2) is 11.7. The summed E-state index contributed by atoms with van der Waals surface area (Å²) in [5, 5.41) is 14.5. The number of hydrogen-bond acceptors (Lipinski definition) is 5. The number of aromatic nitrogens is 1. The Morgan fingerprint density at radius 3 is 2.44 bits per heavy atom. The molecule has 1 unspecified atom stereocenters. The first-order valence-electron chi connectivity index (χ1n) is 13.3. The van der Waals surface area contributed by atoms with Gasteiger partial charge >= 0.3 is 6.18 Å². The topological polar surface area (TPSA) is 85.8 Å². The highest BCUT2D eigenvalue weighted by Crippen LogP contribution is 2.41. The fourth-order valence-corrected chi connectivity index (χ4v) is 5.67. The summed E-state index contributed by atoms with van der Waals surface area (Å²) < 4.78 is 82.0. The molecule has 3 aromatic rings. The molecule has 0 bridgehead atoms. The molecule has 2 fully saturated rings. The molecule has 2 aliphatic rings. The van der Waals surface area contributed by atoms with Gasteiger partial charge in [0.15, 0.2) is 0 Å². The van der Waals surface area contributed by atoms with Gasteiger partial charge in [-0.05, 0) is 42.8 Å². The third-order valence-electron chi connectivity index (χ3n) is 7.42. The molecule has 1 saturated carbocycles. The highest BCUT2D eigenvalue weighted by Gasteiger charge is 2.49. The van der Waals surface area contributed by atoms with E-state index in [0.29, 0.717) is 0 Å². The molecule has 3 atom stereocenters. The van der Waals surface area contributed by atoms with Crippen LogP contribution in [0.15, 0.2) is 66.7 Å². The molecule has 2 N–H and O–H groups in total. The number of nitrogens with zero attached hydrogens (tertiary/aromatic N) is 3. The van der Waals surface area contributed by atoms with E-state index in [-0.39, 0.29) is 34.9 Å². The molecule has 43 heavy (non-hydrogen) atoms. The Morgan fingerprint density at radius 2 is 1.79 bits per heavy atom. The number of aliphatic hydroxyl groups excluding tert-OH is 1. The van der Waals surface area contributed by atoms with Gasteiger partial charge in [0.25, 0.3) is 5.92 Å². The zero-order chi connectivity index (χ0) is 31.1. The lowest BCUT2D eigenvalue weighted by Crippen LogP contribution is -2.57. The molecule has 228 valence electrons. The van der Waals surface area contributed by atoms with E-state index in [4.69, 9.17) is 11.6 Å². The van der Waals surface area contributed by atoms with Gasteiger partial charge in [0, 0.05) is 41.6 Å². The number of anilines is 2. The number of halogens is 7. The average molecular weight is 627 g/mol. The van der Waals surface area contributed by atoms with Crippen LogP contribution in [0.2, 0.25) is 5.02 Å². The second-order valence-corrected chi connectivity index (χ2v) is 10.9. The normalized spacial score (nSPS) is 20.0. The maximum atomic E-state index is 14.5. The predicted molar refractivity (Wildman–Crippen MR) is 145 cm³/mol. The summed E-state index contributed by atoms with van der Waals surface area (Å²) in [4.78, 5) is 32.4. The van der Waals surface area contributed by atoms with E-state index in [1.807, 2.05) is 0 Å². The van der Waals surface area contributed by atoms with E-state index >= 15 is 0 Å². The predicted octanol–water partition coefficient (Wildman–Crippen LogP) is 5.87. The molecular formula is C29H25ClF6N4O3. The van der Waals surface area contributed by atoms with E-state index in [9.17, 15) is 41.0 Å². The monoisotopic (exact) mass is 626 g/mol. The van der Waals surface area contributed by atoms with Crippen LogP contribution < -0.4 is 15.1 Å². The molecule has 0 spiro atoms. The van der Waals surface area contributed by atoms with Crippen LogP contribution in [0.3, 0.4) is 0 Å². The third kappa shape index (κ3) is 6.42. The minimum atomic E-state index is -4.81. The van der Waals surface area contributed by atoms with E-state index in [1.54, 1.807) is 12.1 Å². The molecule has 0 radical (unpaired) electrons. The van der Waals surface area contributed by atoms with Gasteiger partial charge in [-0.3, -0.25) is 14.5 Å². The molecule has 2 heterocycles. The molecule has 2 aromatic carbocycles. The first-order valence-corrected chi connectivity index (χ1v) is 13.6. The molecule has 7 nitrogen and oxygen atoms in total. The van der Waals surface area contributed by atoms with Crippen molar-refractivity contribution in [2.24, 2.45) is 0 Å². The summed E-state index contributed by atoms with van der Waals surface area (Å²) in [6.45, 7) is 0. The summed E-state index contributed by atoms with van der Waals surface area (Å²) in [7, 11) is 0. The standard InChI is InChI=1S/C29H25ClF6N4O3/c30-20-8-2-1-7-19(20)25(26(42)37-17-14-28(32,33)15-17)39(18-6-3-5-16(31)13-18)27(43)21-11-12-24(41)40(21)23-10-4-9-22(38-23)29(34,35)36/h1-10,13,17,21,25,27,43H,11-12,14-15H2,(H,37,42)/t21-,25-,27?/m0/s1. The van der Waals surface area contributed by atoms with Crippen LogP contribution in [0, 0.1) is 5.82 Å². The van der Waals surface area contributed by atoms with Crippen molar-refractivity contribution in [2.75, 3.05) is 9.80 Å². The highest BCUT2D eigenvalue weighted by atomic mass is 35.5. The van der Waals surface area contributed by atoms with Gasteiger partial charge in [-0.1, -0.05) is 41.9 Å². The van der Waals surface area contributed by atoms with Gasteiger partial charge in [-0.25, -0.2) is 18.2 Å². The van der Waals surface area contributed by atoms with Crippen LogP contribution in [0.4, 0.5) is 37.8 Å². The number of aliphatic hydroxyl groups is 1. The average Bonchev–Trinajstić information content (AvgIpc) is 3.31. The van der Waals surface area contributed by atoms with Crippen LogP contribution in [0.25, 0.3) is 0 Å². The largest absolute Gasteiger partial charge is 0.433 e. The minimum Gasteiger partial charge on any atom is -0.371 e. The molecule has 1 aliphatic carbocycles. The SMILES string of the molecule is O=C(NC1CC(F)(F)C1)[C@H](c1ccccc1Cl)N(c1cccc(F)c1)C(O)[C@@H]1CCC(=O)N1c1cccc(C(F)(F)F)n1. The number of nitrogens with one attached hydrogen (secondary N) is 1. The van der Waals surface area contributed by atoms with Gasteiger partial charge in [-0.15, -0.1) is 0 Å². The number of rotatable bonds is 8. The fourth-order valence-electron chi connectivity index (χ4n) is 5.44. The Hall–Kier alpha value is -3.84. The van der Waals surface area contributed by atoms with Crippen molar-refractivity contribution in [2.45, 2.75) is 62.1 Å². The smallest absolute Gasteiger partial charge is 0.371 e. The van der Waals surface area contributed by atoms with Crippen molar-refractivity contribution in [1.29, 1.82) is 0 Å². The lowest BCUT2D eigenvalue weighted by atomic mass is 9.87. The summed E-state index contributed by atoms with van der Waals surface area (Å²) in [6.07, 6.45) is -8.09. The molecule has 1 saturated heterocycles. The molecule has 14 heteroatoms. The summed E-state index contributed by atoms with van der Waals surface area (Å²) in [5.41, 5.74) is -1.17. The number of alkyl halides is 5. The second-order valence-electron chi connectivity index (χ2n) is 10.4. The zero-order valence-electron chi connectivity index (χ0n) is 22.2. The van der Waals surface area contributed by atoms with Gasteiger partial charge in [0.05, 0.1) is 6.04 Å². The van der Waals surface area contributed by atoms with Crippen LogP contribution in [-0.2, 0) is 15.8 Å². The lowest BCUT2D eigenvalue weighted by Gasteiger charge is -2.43. The Balaban J connectivity index is 1.60. The van der Waals surface area contributed by atoms with Crippen LogP contribution in [-0.4, -0.2) is 46.1 Å². The zero-order valence-corrected chi connectivity index (χ0v) is 23.0. The van der Waals surface area contributed by atoms with E-state index in [0.717, 1.165) is 34.1 Å². The minimum absolute atomic E-state index is 0.0391. The van der Waals surface area contributed by atoms with Crippen molar-refractivity contribution in [1.82, 2.24) is 10.3 Å². The number of amides is 2. The Bertz CT molecular complexity index is 1520. The van der Waals surface area contributed by atoms with Gasteiger partial charge in [-0.2, -0.15) is 13.2 Å². The number of benzene rings is 2. The van der Waals surface area contributed by atoms with Crippen molar-refractivity contribution in [3.63, 3.8) is 0 Å². The first kappa shape index (κ1) is 30.6. The molecule has 5 rings (SSSR count). The van der Waals surface area contributed by atoms with Crippen LogP contribution in [0.5, 0.6) is 0 Å². The van der Waals surface area contributed by atoms with Crippen molar-refractivity contribution in [3.05, 3.63) is 88.8 Å². The molecule has 1 aromatic heterocycles. The molecule has 1 aliphatic heterocycles. The van der Waals surface area contributed by atoms with Gasteiger partial charge in [0.2, 0.25) is 11.8 Å². The highest BCUT2D eigenvalue weighted by molar-refractivity contribution is 6.31. The van der Waals surface area contributed by atoms with Crippen LogP contribution >= 0.6 is 11.6 Å². The first-order chi connectivity index (χ1) is 20.2. The number of carbonyl (C=O) groups is 2. The van der Waals surface area contributed by atoms with E-state index < -0.39 is 72.6 Å². The van der Waals surface area contributed by atoms with Gasteiger partial charge < -0.3 is 15.3 Å². The number of carbonyl (C=O) groups excluding carboxylic acids is 2. The number of pyridine rings is 1. The molecule has 2 amide bonds. The van der Waals surface area contributed by atoms with Crippen molar-refractivity contribution >= 4 is 34.9 Å². The Kier molecular flexibility index (Phi) is 8.32. The summed E-state index contributed by atoms with van der Waals surface area (Å²) >= 11 is 6.46. The van der Waals surface area contributed by atoms with E-state index in [1.165, 1.54) is 30.3 Å². The maximum absolute atomic E-state index is 14.5. The number of hydrogen-bond donors (Lipinski definition) is 2. The van der Waals surface area contributed by atoms with Gasteiger partial charge in [0.1, 0.15) is 29.6 Å². The Labute approximate surface area is 247 Å². The van der Waals surface area contributed by atoms with Crippen molar-refractivity contribution < 1.29 is 41.0 Å². The summed E-state index contributed by atoms with van der Waals surface area (Å²) in [6, 6.07) is 10.2. The quantitative estimate of drug-likeness (QED) is 0.241. The Morgan fingerprint density at radius 1 is 1.09 bits per heavy atom. The van der Waals surface area contributed by atoms with E-state index in [2.05, 4.69) is 10.3 Å². The fraction of sp³-hybridized carbons (Fsp3) is 0.345. The lowest BCUT2D eigenvalue weighted by molar-refractivity contribution is -0.141. The third-order valence-corrected chi connectivity index (χ3v) is 7.77. The van der Waals surface area contributed by atoms with Crippen LogP contribution in [0.1, 0.15) is 43.0 Å². The maximum Gasteiger partial charge on any atom is 0.433 e. The van der Waals surface area contributed by atoms with Crippen molar-refractivity contribution in [3.8, 4) is 0 Å².